The third-order valence-corrected chi connectivity index (χ3v) is 5.20. The molecule has 0 heterocycles. The molecule has 0 radical (unpaired) electrons. The van der Waals surface area contributed by atoms with E-state index in [-0.39, 0.29) is 43.7 Å². The van der Waals surface area contributed by atoms with E-state index in [0.29, 0.717) is 0 Å². The highest BCUT2D eigenvalue weighted by Crippen LogP contribution is 2.40. The standard InChI is InChI=1S/C24H27F3N2O5/c1-32-12-6-11-29(23(31)28-17-9-10-17)22(30)18-13-21(34-15-16-7-4-3-5-8-16)20(33-2)14-19(18)24(25,26)27/h3-5,7-8,13-14,17H,6,9-12,15H2,1-2H3,(H,28,31). The first-order valence-corrected chi connectivity index (χ1v) is 10.8. The molecule has 2 aromatic rings. The van der Waals surface area contributed by atoms with Crippen molar-refractivity contribution in [2.24, 2.45) is 0 Å². The number of alkyl halides is 3. The Morgan fingerprint density at radius 1 is 1.09 bits per heavy atom. The summed E-state index contributed by atoms with van der Waals surface area (Å²) in [4.78, 5) is 26.8. The predicted octanol–water partition coefficient (Wildman–Crippen LogP) is 4.64. The second-order valence-electron chi connectivity index (χ2n) is 7.85. The second-order valence-corrected chi connectivity index (χ2v) is 7.85. The number of halogens is 3. The molecule has 10 heteroatoms. The molecule has 184 valence electrons. The third kappa shape index (κ3) is 6.63. The zero-order valence-electron chi connectivity index (χ0n) is 19.0. The number of amides is 3. The van der Waals surface area contributed by atoms with Gasteiger partial charge in [0, 0.05) is 26.3 Å². The van der Waals surface area contributed by atoms with Gasteiger partial charge in [0.25, 0.3) is 5.91 Å². The van der Waals surface area contributed by atoms with E-state index in [1.165, 1.54) is 14.2 Å². The lowest BCUT2D eigenvalue weighted by Gasteiger charge is -2.24. The molecule has 0 aromatic heterocycles. The SMILES string of the molecule is COCCCN(C(=O)NC1CC1)C(=O)c1cc(OCc2ccccc2)c(OC)cc1C(F)(F)F. The fourth-order valence-electron chi connectivity index (χ4n) is 3.27. The van der Waals surface area contributed by atoms with Crippen LogP contribution in [-0.2, 0) is 17.5 Å². The summed E-state index contributed by atoms with van der Waals surface area (Å²) in [6.07, 6.45) is -3.06. The zero-order chi connectivity index (χ0) is 24.7. The molecule has 7 nitrogen and oxygen atoms in total. The Kier molecular flexibility index (Phi) is 8.38. The topological polar surface area (TPSA) is 77.1 Å². The maximum atomic E-state index is 13.9. The van der Waals surface area contributed by atoms with E-state index in [1.54, 1.807) is 24.3 Å². The summed E-state index contributed by atoms with van der Waals surface area (Å²) in [5, 5.41) is 2.66. The molecule has 34 heavy (non-hydrogen) atoms. The van der Waals surface area contributed by atoms with Crippen LogP contribution < -0.4 is 14.8 Å². The van der Waals surface area contributed by atoms with Crippen LogP contribution in [0.2, 0.25) is 0 Å². The van der Waals surface area contributed by atoms with Gasteiger partial charge in [-0.1, -0.05) is 30.3 Å². The number of nitrogens with one attached hydrogen (secondary N) is 1. The molecule has 0 bridgehead atoms. The Morgan fingerprint density at radius 2 is 1.79 bits per heavy atom. The van der Waals surface area contributed by atoms with Crippen molar-refractivity contribution in [3.05, 3.63) is 59.2 Å². The van der Waals surface area contributed by atoms with Crippen LogP contribution >= 0.6 is 0 Å². The number of imide groups is 1. The molecule has 0 spiro atoms. The van der Waals surface area contributed by atoms with Gasteiger partial charge in [-0.2, -0.15) is 13.2 Å². The quantitative estimate of drug-likeness (QED) is 0.502. The van der Waals surface area contributed by atoms with Crippen LogP contribution in [0.25, 0.3) is 0 Å². The smallest absolute Gasteiger partial charge is 0.417 e. The number of carbonyl (C=O) groups excluding carboxylic acids is 2. The van der Waals surface area contributed by atoms with Crippen LogP contribution in [0.1, 0.15) is 40.7 Å². The van der Waals surface area contributed by atoms with E-state index >= 15 is 0 Å². The van der Waals surface area contributed by atoms with Gasteiger partial charge in [-0.15, -0.1) is 0 Å². The monoisotopic (exact) mass is 480 g/mol. The van der Waals surface area contributed by atoms with Crippen LogP contribution in [0, 0.1) is 0 Å². The first kappa shape index (κ1) is 25.4. The molecule has 0 saturated heterocycles. The number of hydrogen-bond acceptors (Lipinski definition) is 5. The minimum Gasteiger partial charge on any atom is -0.493 e. The number of ether oxygens (including phenoxy) is 3. The fraction of sp³-hybridized carbons (Fsp3) is 0.417. The van der Waals surface area contributed by atoms with Crippen molar-refractivity contribution in [3.63, 3.8) is 0 Å². The van der Waals surface area contributed by atoms with E-state index in [0.717, 1.165) is 35.4 Å². The summed E-state index contributed by atoms with van der Waals surface area (Å²) in [6.45, 7) is 0.186. The molecule has 0 unspecified atom stereocenters. The molecular weight excluding hydrogens is 453 g/mol. The predicted molar refractivity (Wildman–Crippen MR) is 118 cm³/mol. The van der Waals surface area contributed by atoms with Gasteiger partial charge in [0.05, 0.1) is 18.2 Å². The number of urea groups is 1. The van der Waals surface area contributed by atoms with Crippen molar-refractivity contribution in [1.82, 2.24) is 10.2 Å². The lowest BCUT2D eigenvalue weighted by Crippen LogP contribution is -2.45. The fourth-order valence-corrected chi connectivity index (χ4v) is 3.27. The van der Waals surface area contributed by atoms with Gasteiger partial charge in [0.15, 0.2) is 11.5 Å². The highest BCUT2D eigenvalue weighted by atomic mass is 19.4. The van der Waals surface area contributed by atoms with E-state index in [4.69, 9.17) is 14.2 Å². The third-order valence-electron chi connectivity index (χ3n) is 5.20. The van der Waals surface area contributed by atoms with Crippen LogP contribution in [0.4, 0.5) is 18.0 Å². The van der Waals surface area contributed by atoms with E-state index < -0.39 is 29.2 Å². The Morgan fingerprint density at radius 3 is 2.38 bits per heavy atom. The molecule has 2 aromatic carbocycles. The first-order valence-electron chi connectivity index (χ1n) is 10.8. The minimum atomic E-state index is -4.86. The summed E-state index contributed by atoms with van der Waals surface area (Å²) >= 11 is 0. The Labute approximate surface area is 195 Å². The number of nitrogens with zero attached hydrogens (tertiary/aromatic N) is 1. The highest BCUT2D eigenvalue weighted by molar-refractivity contribution is 6.05. The summed E-state index contributed by atoms with van der Waals surface area (Å²) in [5.74, 6) is -1.29. The molecule has 1 N–H and O–H groups in total. The average Bonchev–Trinajstić information content (AvgIpc) is 3.63. The Hall–Kier alpha value is -3.27. The van der Waals surface area contributed by atoms with Crippen molar-refractivity contribution < 1.29 is 37.0 Å². The largest absolute Gasteiger partial charge is 0.493 e. The summed E-state index contributed by atoms with van der Waals surface area (Å²) in [6, 6.07) is 9.91. The molecule has 3 rings (SSSR count). The Bertz CT molecular complexity index is 994. The van der Waals surface area contributed by atoms with Crippen molar-refractivity contribution in [2.75, 3.05) is 27.4 Å². The Balaban J connectivity index is 1.97. The highest BCUT2D eigenvalue weighted by Gasteiger charge is 2.39. The maximum Gasteiger partial charge on any atom is 0.417 e. The average molecular weight is 480 g/mol. The minimum absolute atomic E-state index is 0.0397. The van der Waals surface area contributed by atoms with Gasteiger partial charge in [0.1, 0.15) is 6.61 Å². The molecule has 0 atom stereocenters. The van der Waals surface area contributed by atoms with Crippen molar-refractivity contribution in [2.45, 2.75) is 38.1 Å². The molecule has 1 fully saturated rings. The maximum absolute atomic E-state index is 13.9. The number of methoxy groups -OCH3 is 2. The van der Waals surface area contributed by atoms with E-state index in [1.807, 2.05) is 6.07 Å². The summed E-state index contributed by atoms with van der Waals surface area (Å²) in [5.41, 5.74) is -1.13. The first-order chi connectivity index (χ1) is 16.2. The molecule has 1 aliphatic carbocycles. The van der Waals surface area contributed by atoms with Gasteiger partial charge in [-0.05, 0) is 37.0 Å². The van der Waals surface area contributed by atoms with Gasteiger partial charge < -0.3 is 19.5 Å². The molecular formula is C24H27F3N2O5. The van der Waals surface area contributed by atoms with Crippen LogP contribution in [-0.4, -0.2) is 50.3 Å². The molecule has 3 amide bonds. The van der Waals surface area contributed by atoms with Crippen molar-refractivity contribution in [1.29, 1.82) is 0 Å². The number of benzene rings is 2. The van der Waals surface area contributed by atoms with Crippen LogP contribution in [0.3, 0.4) is 0 Å². The normalized spacial score (nSPS) is 13.3. The number of carbonyl (C=O) groups is 2. The van der Waals surface area contributed by atoms with E-state index in [2.05, 4.69) is 5.32 Å². The molecule has 1 saturated carbocycles. The van der Waals surface area contributed by atoms with Crippen LogP contribution in [0.5, 0.6) is 11.5 Å². The number of hydrogen-bond donors (Lipinski definition) is 1. The van der Waals surface area contributed by atoms with Gasteiger partial charge in [0.2, 0.25) is 0 Å². The number of rotatable bonds is 10. The lowest BCUT2D eigenvalue weighted by atomic mass is 10.0. The van der Waals surface area contributed by atoms with Crippen molar-refractivity contribution >= 4 is 11.9 Å². The van der Waals surface area contributed by atoms with Gasteiger partial charge in [-0.25, -0.2) is 4.79 Å². The van der Waals surface area contributed by atoms with Crippen LogP contribution in [0.15, 0.2) is 42.5 Å². The zero-order valence-corrected chi connectivity index (χ0v) is 19.0. The van der Waals surface area contributed by atoms with Crippen molar-refractivity contribution in [3.8, 4) is 11.5 Å². The van der Waals surface area contributed by atoms with Gasteiger partial charge >= 0.3 is 12.2 Å². The second kappa shape index (κ2) is 11.2. The summed E-state index contributed by atoms with van der Waals surface area (Å²) < 4.78 is 57.5. The lowest BCUT2D eigenvalue weighted by molar-refractivity contribution is -0.138. The van der Waals surface area contributed by atoms with E-state index in [9.17, 15) is 22.8 Å². The summed E-state index contributed by atoms with van der Waals surface area (Å²) in [7, 11) is 2.67. The van der Waals surface area contributed by atoms with Gasteiger partial charge in [-0.3, -0.25) is 9.69 Å². The molecule has 0 aliphatic heterocycles. The molecule has 1 aliphatic rings.